The molecule has 0 radical (unpaired) electrons. The molecule has 5 aromatic rings. The van der Waals surface area contributed by atoms with Crippen LogP contribution in [0.25, 0.3) is 11.1 Å². The lowest BCUT2D eigenvalue weighted by Gasteiger charge is -2.44. The fraction of sp³-hybridized carbons (Fsp3) is 0.538. The van der Waals surface area contributed by atoms with Crippen LogP contribution in [0.4, 0.5) is 17.1 Å². The van der Waals surface area contributed by atoms with Crippen molar-refractivity contribution in [2.24, 2.45) is 11.8 Å². The van der Waals surface area contributed by atoms with Crippen molar-refractivity contribution < 1.29 is 0 Å². The molecule has 1 heteroatoms. The first-order valence-electron chi connectivity index (χ1n) is 26.6. The van der Waals surface area contributed by atoms with Crippen LogP contribution in [0, 0.1) is 11.8 Å². The summed E-state index contributed by atoms with van der Waals surface area (Å²) in [5.74, 6) is 1.94. The Morgan fingerprint density at radius 1 is 0.439 bits per heavy atom. The van der Waals surface area contributed by atoms with Crippen LogP contribution in [0.15, 0.2) is 109 Å². The van der Waals surface area contributed by atoms with E-state index in [0.717, 1.165) is 6.42 Å². The van der Waals surface area contributed by atoms with E-state index < -0.39 is 0 Å². The molecule has 6 rings (SSSR count). The second kappa shape index (κ2) is 20.6. The Hall–Kier alpha value is -4.10. The Bertz CT molecular complexity index is 2300. The number of anilines is 3. The summed E-state index contributed by atoms with van der Waals surface area (Å²) in [4.78, 5) is 2.44. The molecule has 0 aromatic heterocycles. The standard InChI is InChI=1S/C65H91N/c1-17-22-24-47(20-4)44-65(45-48(21-5)25-23-18-2)59-42-52(62(10,11)12)32-40-57(59)58-41-33-53(43-60(58)65)64(15,16)63(13,14)51-30-38-56(39-31-51)66(54-34-26-49(27-35-54)46(6)19-3)55-36-28-50(29-37-55)61(7,8)9/h26-43,46-48H,17-25,44-45H2,1-16H3. The lowest BCUT2D eigenvalue weighted by Crippen LogP contribution is -2.40. The van der Waals surface area contributed by atoms with Gasteiger partial charge < -0.3 is 4.90 Å². The predicted molar refractivity (Wildman–Crippen MR) is 292 cm³/mol. The van der Waals surface area contributed by atoms with E-state index >= 15 is 0 Å². The predicted octanol–water partition coefficient (Wildman–Crippen LogP) is 20.0. The molecule has 0 fully saturated rings. The maximum Gasteiger partial charge on any atom is 0.0461 e. The van der Waals surface area contributed by atoms with Crippen molar-refractivity contribution in [1.82, 2.24) is 0 Å². The average Bonchev–Trinajstić information content (AvgIpc) is 3.56. The van der Waals surface area contributed by atoms with Gasteiger partial charge >= 0.3 is 0 Å². The number of fused-ring (bicyclic) bond motifs is 3. The van der Waals surface area contributed by atoms with Gasteiger partial charge in [0.1, 0.15) is 0 Å². The molecule has 0 aliphatic heterocycles. The van der Waals surface area contributed by atoms with Crippen molar-refractivity contribution in [2.75, 3.05) is 4.90 Å². The van der Waals surface area contributed by atoms with E-state index in [9.17, 15) is 0 Å². The minimum Gasteiger partial charge on any atom is -0.311 e. The van der Waals surface area contributed by atoms with E-state index in [1.54, 1.807) is 11.1 Å². The lowest BCUT2D eigenvalue weighted by molar-refractivity contribution is 0.264. The molecular weight excluding hydrogens is 795 g/mol. The van der Waals surface area contributed by atoms with Crippen molar-refractivity contribution in [1.29, 1.82) is 0 Å². The Kier molecular flexibility index (Phi) is 16.0. The number of unbranched alkanes of at least 4 members (excludes halogenated alkanes) is 2. The zero-order valence-corrected chi connectivity index (χ0v) is 44.8. The summed E-state index contributed by atoms with van der Waals surface area (Å²) in [7, 11) is 0. The van der Waals surface area contributed by atoms with Crippen LogP contribution < -0.4 is 4.90 Å². The number of hydrogen-bond acceptors (Lipinski definition) is 1. The lowest BCUT2D eigenvalue weighted by atomic mass is 9.59. The first kappa shape index (κ1) is 51.3. The minimum atomic E-state index is -0.162. The molecule has 66 heavy (non-hydrogen) atoms. The zero-order chi connectivity index (χ0) is 48.2. The SMILES string of the molecule is CCCCC(CC)CC1(CC(CC)CCCC)c2cc(C(C)(C)C)ccc2-c2ccc(C(C)(C)C(C)(C)c3ccc(N(c4ccc(C(C)CC)cc4)c4ccc(C(C)(C)C)cc4)cc3)cc21. The van der Waals surface area contributed by atoms with Gasteiger partial charge in [-0.25, -0.2) is 0 Å². The number of benzene rings is 5. The normalized spacial score (nSPS) is 16.7. The van der Waals surface area contributed by atoms with Crippen LogP contribution in [0.3, 0.4) is 0 Å². The Balaban J connectivity index is 1.45. The molecule has 0 N–H and O–H groups in total. The van der Waals surface area contributed by atoms with E-state index in [4.69, 9.17) is 0 Å². The van der Waals surface area contributed by atoms with Crippen molar-refractivity contribution in [3.05, 3.63) is 148 Å². The van der Waals surface area contributed by atoms with E-state index in [-0.39, 0.29) is 27.1 Å². The van der Waals surface area contributed by atoms with Gasteiger partial charge in [0.05, 0.1) is 0 Å². The molecule has 0 amide bonds. The van der Waals surface area contributed by atoms with E-state index in [1.165, 1.54) is 120 Å². The van der Waals surface area contributed by atoms with Gasteiger partial charge in [-0.1, -0.05) is 235 Å². The third-order valence-electron chi connectivity index (χ3n) is 17.0. The maximum absolute atomic E-state index is 2.73. The molecular formula is C65H91N. The van der Waals surface area contributed by atoms with Gasteiger partial charge in [-0.15, -0.1) is 0 Å². The molecule has 0 saturated carbocycles. The van der Waals surface area contributed by atoms with E-state index in [2.05, 4.69) is 225 Å². The molecule has 1 aliphatic rings. The van der Waals surface area contributed by atoms with Gasteiger partial charge in [0.2, 0.25) is 0 Å². The fourth-order valence-electron chi connectivity index (χ4n) is 11.2. The second-order valence-electron chi connectivity index (χ2n) is 23.9. The Labute approximate surface area is 405 Å². The summed E-state index contributed by atoms with van der Waals surface area (Å²) < 4.78 is 0. The van der Waals surface area contributed by atoms with Crippen LogP contribution >= 0.6 is 0 Å². The molecule has 0 saturated heterocycles. The van der Waals surface area contributed by atoms with Crippen LogP contribution in [0.2, 0.25) is 0 Å². The summed E-state index contributed by atoms with van der Waals surface area (Å²) in [5, 5.41) is 0. The molecule has 0 heterocycles. The van der Waals surface area contributed by atoms with Gasteiger partial charge in [0.15, 0.2) is 0 Å². The summed E-state index contributed by atoms with van der Waals surface area (Å²) in [6, 6.07) is 43.5. The van der Waals surface area contributed by atoms with Gasteiger partial charge in [0.25, 0.3) is 0 Å². The summed E-state index contributed by atoms with van der Waals surface area (Å²) in [6.45, 7) is 38.3. The first-order valence-corrected chi connectivity index (χ1v) is 26.6. The maximum atomic E-state index is 2.73. The quantitative estimate of drug-likeness (QED) is 0.0753. The Morgan fingerprint density at radius 3 is 1.23 bits per heavy atom. The minimum absolute atomic E-state index is 0.00598. The molecule has 1 nitrogen and oxygen atoms in total. The van der Waals surface area contributed by atoms with Crippen LogP contribution in [-0.4, -0.2) is 0 Å². The Morgan fingerprint density at radius 2 is 0.818 bits per heavy atom. The fourth-order valence-corrected chi connectivity index (χ4v) is 11.2. The summed E-state index contributed by atoms with van der Waals surface area (Å²) in [6.07, 6.45) is 13.9. The highest BCUT2D eigenvalue weighted by molar-refractivity contribution is 5.82. The molecule has 3 atom stereocenters. The molecule has 356 valence electrons. The topological polar surface area (TPSA) is 3.24 Å². The highest BCUT2D eigenvalue weighted by Crippen LogP contribution is 2.58. The third kappa shape index (κ3) is 10.5. The largest absolute Gasteiger partial charge is 0.311 e. The molecule has 5 aromatic carbocycles. The molecule has 0 spiro atoms. The van der Waals surface area contributed by atoms with Gasteiger partial charge in [-0.05, 0) is 145 Å². The van der Waals surface area contributed by atoms with Crippen molar-refractivity contribution in [3.8, 4) is 11.1 Å². The summed E-state index contributed by atoms with van der Waals surface area (Å²) in [5.41, 5.74) is 16.6. The smallest absolute Gasteiger partial charge is 0.0461 e. The van der Waals surface area contributed by atoms with Crippen molar-refractivity contribution in [3.63, 3.8) is 0 Å². The highest BCUT2D eigenvalue weighted by Gasteiger charge is 2.48. The summed E-state index contributed by atoms with van der Waals surface area (Å²) >= 11 is 0. The van der Waals surface area contributed by atoms with E-state index in [1.807, 2.05) is 0 Å². The first-order chi connectivity index (χ1) is 31.2. The van der Waals surface area contributed by atoms with Crippen LogP contribution in [0.5, 0.6) is 0 Å². The van der Waals surface area contributed by atoms with Crippen molar-refractivity contribution in [2.45, 2.75) is 214 Å². The van der Waals surface area contributed by atoms with Gasteiger partial charge in [-0.2, -0.15) is 0 Å². The van der Waals surface area contributed by atoms with Gasteiger partial charge in [-0.3, -0.25) is 0 Å². The van der Waals surface area contributed by atoms with Crippen LogP contribution in [-0.2, 0) is 27.1 Å². The van der Waals surface area contributed by atoms with Crippen molar-refractivity contribution >= 4 is 17.1 Å². The molecule has 3 unspecified atom stereocenters. The number of hydrogen-bond donors (Lipinski definition) is 0. The molecule has 1 aliphatic carbocycles. The highest BCUT2D eigenvalue weighted by atomic mass is 15.1. The second-order valence-corrected chi connectivity index (χ2v) is 23.9. The monoisotopic (exact) mass is 886 g/mol. The zero-order valence-electron chi connectivity index (χ0n) is 44.8. The average molecular weight is 886 g/mol. The van der Waals surface area contributed by atoms with Gasteiger partial charge in [0, 0.05) is 22.5 Å². The van der Waals surface area contributed by atoms with E-state index in [0.29, 0.717) is 17.8 Å². The number of rotatable bonds is 20. The van der Waals surface area contributed by atoms with Crippen LogP contribution in [0.1, 0.15) is 226 Å². The third-order valence-corrected chi connectivity index (χ3v) is 17.0. The number of nitrogens with zero attached hydrogens (tertiary/aromatic N) is 1. The molecule has 0 bridgehead atoms.